The molecule has 0 saturated carbocycles. The molecule has 3 heteroatoms. The molecule has 0 saturated heterocycles. The second-order valence-electron chi connectivity index (χ2n) is 2.97. The van der Waals surface area contributed by atoms with Crippen molar-refractivity contribution in [1.82, 2.24) is 4.98 Å². The monoisotopic (exact) mass is 166 g/mol. The number of rotatable bonds is 3. The molecule has 1 atom stereocenters. The van der Waals surface area contributed by atoms with E-state index in [0.717, 1.165) is 0 Å². The van der Waals surface area contributed by atoms with E-state index in [9.17, 15) is 0 Å². The lowest BCUT2D eigenvalue weighted by Crippen LogP contribution is -2.09. The first-order chi connectivity index (χ1) is 5.75. The second kappa shape index (κ2) is 4.18. The number of hydrogen-bond donors (Lipinski definition) is 1. The van der Waals surface area contributed by atoms with Crippen LogP contribution in [0.25, 0.3) is 0 Å². The molecule has 1 aromatic heterocycles. The van der Waals surface area contributed by atoms with Crippen LogP contribution in [0, 0.1) is 6.92 Å². The number of hydrogen-bond acceptors (Lipinski definition) is 3. The SMILES string of the molecule is Cc1cnccc1C(C)CON. The number of nitrogens with zero attached hydrogens (tertiary/aromatic N) is 1. The van der Waals surface area contributed by atoms with Crippen LogP contribution in [0.4, 0.5) is 0 Å². The van der Waals surface area contributed by atoms with Crippen LogP contribution < -0.4 is 5.90 Å². The molecule has 1 unspecified atom stereocenters. The minimum Gasteiger partial charge on any atom is -0.304 e. The molecule has 0 aliphatic carbocycles. The average Bonchev–Trinajstić information content (AvgIpc) is 2.05. The van der Waals surface area contributed by atoms with Crippen LogP contribution >= 0.6 is 0 Å². The van der Waals surface area contributed by atoms with Crippen LogP contribution in [0.15, 0.2) is 18.5 Å². The Morgan fingerprint density at radius 3 is 3.00 bits per heavy atom. The molecule has 3 nitrogen and oxygen atoms in total. The predicted molar refractivity (Wildman–Crippen MR) is 47.5 cm³/mol. The fourth-order valence-corrected chi connectivity index (χ4v) is 1.27. The van der Waals surface area contributed by atoms with E-state index in [4.69, 9.17) is 5.90 Å². The topological polar surface area (TPSA) is 48.1 Å². The van der Waals surface area contributed by atoms with E-state index >= 15 is 0 Å². The minimum atomic E-state index is 0.331. The Bertz CT molecular complexity index is 250. The molecule has 0 fully saturated rings. The summed E-state index contributed by atoms with van der Waals surface area (Å²) in [5.74, 6) is 5.33. The van der Waals surface area contributed by atoms with Gasteiger partial charge in [0.25, 0.3) is 0 Å². The smallest absolute Gasteiger partial charge is 0.0745 e. The van der Waals surface area contributed by atoms with Gasteiger partial charge >= 0.3 is 0 Å². The maximum atomic E-state index is 5.00. The molecular weight excluding hydrogens is 152 g/mol. The quantitative estimate of drug-likeness (QED) is 0.690. The van der Waals surface area contributed by atoms with Gasteiger partial charge in [-0.3, -0.25) is 4.98 Å². The Hall–Kier alpha value is -0.930. The maximum Gasteiger partial charge on any atom is 0.0745 e. The molecule has 0 aliphatic heterocycles. The lowest BCUT2D eigenvalue weighted by atomic mass is 9.99. The first kappa shape index (κ1) is 9.16. The normalized spacial score (nSPS) is 12.9. The minimum absolute atomic E-state index is 0.331. The third-order valence-electron chi connectivity index (χ3n) is 1.94. The van der Waals surface area contributed by atoms with Crippen LogP contribution in [0.1, 0.15) is 24.0 Å². The van der Waals surface area contributed by atoms with E-state index in [2.05, 4.69) is 16.7 Å². The van der Waals surface area contributed by atoms with Gasteiger partial charge in [-0.05, 0) is 24.1 Å². The van der Waals surface area contributed by atoms with Crippen molar-refractivity contribution in [3.8, 4) is 0 Å². The van der Waals surface area contributed by atoms with Gasteiger partial charge < -0.3 is 4.84 Å². The molecule has 0 aliphatic rings. The Morgan fingerprint density at radius 2 is 2.42 bits per heavy atom. The van der Waals surface area contributed by atoms with Gasteiger partial charge in [-0.1, -0.05) is 6.92 Å². The molecule has 0 bridgehead atoms. The van der Waals surface area contributed by atoms with Crippen LogP contribution in [-0.2, 0) is 4.84 Å². The molecule has 0 aromatic carbocycles. The van der Waals surface area contributed by atoms with Crippen molar-refractivity contribution < 1.29 is 4.84 Å². The first-order valence-electron chi connectivity index (χ1n) is 3.98. The molecule has 12 heavy (non-hydrogen) atoms. The van der Waals surface area contributed by atoms with Crippen LogP contribution in [0.2, 0.25) is 0 Å². The van der Waals surface area contributed by atoms with E-state index in [0.29, 0.717) is 12.5 Å². The molecule has 1 aromatic rings. The highest BCUT2D eigenvalue weighted by Gasteiger charge is 2.07. The van der Waals surface area contributed by atoms with Crippen molar-refractivity contribution in [3.63, 3.8) is 0 Å². The predicted octanol–water partition coefficient (Wildman–Crippen LogP) is 1.38. The van der Waals surface area contributed by atoms with Gasteiger partial charge in [0.05, 0.1) is 6.61 Å². The first-order valence-corrected chi connectivity index (χ1v) is 3.98. The summed E-state index contributed by atoms with van der Waals surface area (Å²) >= 11 is 0. The molecule has 1 rings (SSSR count). The zero-order valence-electron chi connectivity index (χ0n) is 7.45. The van der Waals surface area contributed by atoms with E-state index in [1.807, 2.05) is 19.2 Å². The molecular formula is C9H14N2O. The van der Waals surface area contributed by atoms with Crippen molar-refractivity contribution in [2.45, 2.75) is 19.8 Å². The van der Waals surface area contributed by atoms with Gasteiger partial charge in [0.1, 0.15) is 0 Å². The Balaban J connectivity index is 2.79. The summed E-state index contributed by atoms with van der Waals surface area (Å²) in [5.41, 5.74) is 2.43. The van der Waals surface area contributed by atoms with Crippen molar-refractivity contribution in [2.75, 3.05) is 6.61 Å². The number of aryl methyl sites for hydroxylation is 1. The highest BCUT2D eigenvalue weighted by atomic mass is 16.6. The van der Waals surface area contributed by atoms with Crippen LogP contribution in [0.3, 0.4) is 0 Å². The molecule has 2 N–H and O–H groups in total. The van der Waals surface area contributed by atoms with Gasteiger partial charge in [-0.25, -0.2) is 5.90 Å². The second-order valence-corrected chi connectivity index (χ2v) is 2.97. The van der Waals surface area contributed by atoms with Gasteiger partial charge in [0, 0.05) is 18.3 Å². The Morgan fingerprint density at radius 1 is 1.67 bits per heavy atom. The summed E-state index contributed by atoms with van der Waals surface area (Å²) in [4.78, 5) is 8.61. The Kier molecular flexibility index (Phi) is 3.19. The summed E-state index contributed by atoms with van der Waals surface area (Å²) < 4.78 is 0. The summed E-state index contributed by atoms with van der Waals surface area (Å²) in [6.07, 6.45) is 3.64. The largest absolute Gasteiger partial charge is 0.304 e. The van der Waals surface area contributed by atoms with Gasteiger partial charge in [0.2, 0.25) is 0 Å². The van der Waals surface area contributed by atoms with E-state index in [1.165, 1.54) is 11.1 Å². The van der Waals surface area contributed by atoms with E-state index in [-0.39, 0.29) is 0 Å². The number of aromatic nitrogens is 1. The zero-order chi connectivity index (χ0) is 8.97. The number of pyridine rings is 1. The summed E-state index contributed by atoms with van der Waals surface area (Å²) in [6, 6.07) is 2.00. The highest BCUT2D eigenvalue weighted by Crippen LogP contribution is 2.17. The number of nitrogens with two attached hydrogens (primary N) is 1. The van der Waals surface area contributed by atoms with E-state index in [1.54, 1.807) is 6.20 Å². The third-order valence-corrected chi connectivity index (χ3v) is 1.94. The fraction of sp³-hybridized carbons (Fsp3) is 0.444. The highest BCUT2D eigenvalue weighted by molar-refractivity contribution is 5.25. The van der Waals surface area contributed by atoms with Crippen molar-refractivity contribution in [1.29, 1.82) is 0 Å². The van der Waals surface area contributed by atoms with Gasteiger partial charge in [-0.15, -0.1) is 0 Å². The van der Waals surface area contributed by atoms with Crippen LogP contribution in [0.5, 0.6) is 0 Å². The molecule has 0 radical (unpaired) electrons. The lowest BCUT2D eigenvalue weighted by molar-refractivity contribution is 0.126. The zero-order valence-corrected chi connectivity index (χ0v) is 7.45. The molecule has 0 amide bonds. The Labute approximate surface area is 72.5 Å². The van der Waals surface area contributed by atoms with Crippen molar-refractivity contribution in [2.24, 2.45) is 5.90 Å². The summed E-state index contributed by atoms with van der Waals surface area (Å²) in [6.45, 7) is 4.66. The van der Waals surface area contributed by atoms with Crippen molar-refractivity contribution >= 4 is 0 Å². The molecule has 1 heterocycles. The standard InChI is InChI=1S/C9H14N2O/c1-7-5-11-4-3-9(7)8(2)6-12-10/h3-5,8H,6,10H2,1-2H3. The maximum absolute atomic E-state index is 5.00. The fourth-order valence-electron chi connectivity index (χ4n) is 1.27. The van der Waals surface area contributed by atoms with Gasteiger partial charge in [-0.2, -0.15) is 0 Å². The summed E-state index contributed by atoms with van der Waals surface area (Å²) in [5, 5.41) is 0. The molecule has 66 valence electrons. The van der Waals surface area contributed by atoms with Crippen molar-refractivity contribution in [3.05, 3.63) is 29.6 Å². The third kappa shape index (κ3) is 2.03. The average molecular weight is 166 g/mol. The summed E-state index contributed by atoms with van der Waals surface area (Å²) in [7, 11) is 0. The lowest BCUT2D eigenvalue weighted by Gasteiger charge is -2.11. The van der Waals surface area contributed by atoms with E-state index < -0.39 is 0 Å². The molecule has 0 spiro atoms. The van der Waals surface area contributed by atoms with Crippen LogP contribution in [-0.4, -0.2) is 11.6 Å². The van der Waals surface area contributed by atoms with Gasteiger partial charge in [0.15, 0.2) is 0 Å².